The monoisotopic (exact) mass is 384 g/mol. The quantitative estimate of drug-likeness (QED) is 0.505. The van der Waals surface area contributed by atoms with Crippen LogP contribution in [0.25, 0.3) is 0 Å². The van der Waals surface area contributed by atoms with Crippen LogP contribution in [0.5, 0.6) is 0 Å². The summed E-state index contributed by atoms with van der Waals surface area (Å²) in [5.74, 6) is 1.85. The van der Waals surface area contributed by atoms with E-state index >= 15 is 0 Å². The van der Waals surface area contributed by atoms with E-state index in [1.165, 1.54) is 0 Å². The lowest BCUT2D eigenvalue weighted by atomic mass is 9.47. The lowest BCUT2D eigenvalue weighted by Gasteiger charge is -2.61. The zero-order chi connectivity index (χ0) is 16.6. The number of alkyl halides is 1. The van der Waals surface area contributed by atoms with Crippen molar-refractivity contribution in [1.82, 2.24) is 0 Å². The van der Waals surface area contributed by atoms with E-state index in [-0.39, 0.29) is 27.7 Å². The van der Waals surface area contributed by atoms with Gasteiger partial charge in [-0.15, -0.1) is 0 Å². The predicted molar refractivity (Wildman–Crippen MR) is 92.2 cm³/mol. The third-order valence-electron chi connectivity index (χ3n) is 8.45. The van der Waals surface area contributed by atoms with Crippen LogP contribution in [-0.4, -0.2) is 27.6 Å². The Hall–Kier alpha value is -0.0900. The van der Waals surface area contributed by atoms with Crippen molar-refractivity contribution in [3.8, 4) is 0 Å². The maximum Gasteiger partial charge on any atom is 0.306 e. The van der Waals surface area contributed by atoms with E-state index in [0.29, 0.717) is 24.2 Å². The van der Waals surface area contributed by atoms with Crippen molar-refractivity contribution in [3.05, 3.63) is 0 Å². The number of hydrogen-bond donors (Lipinski definition) is 1. The molecule has 3 saturated carbocycles. The molecule has 1 heterocycles. The fraction of sp³-hybridized carbons (Fsp3) is 0.947. The van der Waals surface area contributed by atoms with Crippen molar-refractivity contribution < 1.29 is 14.6 Å². The molecule has 0 aromatic heterocycles. The fourth-order valence-corrected chi connectivity index (χ4v) is 7.94. The van der Waals surface area contributed by atoms with Crippen LogP contribution >= 0.6 is 15.9 Å². The Kier molecular flexibility index (Phi) is 3.54. The Labute approximate surface area is 147 Å². The second-order valence-corrected chi connectivity index (χ2v) is 10.5. The molecule has 1 N–H and O–H groups in total. The summed E-state index contributed by atoms with van der Waals surface area (Å²) in [7, 11) is 0. The summed E-state index contributed by atoms with van der Waals surface area (Å²) in [5.41, 5.74) is -0.378. The average molecular weight is 385 g/mol. The second-order valence-electron chi connectivity index (χ2n) is 9.31. The normalized spacial score (nSPS) is 58.8. The van der Waals surface area contributed by atoms with Crippen LogP contribution in [0.3, 0.4) is 0 Å². The summed E-state index contributed by atoms with van der Waals surface area (Å²) in [6, 6.07) is 0. The van der Waals surface area contributed by atoms with Gasteiger partial charge in [-0.25, -0.2) is 0 Å². The molecule has 0 aromatic carbocycles. The van der Waals surface area contributed by atoms with Gasteiger partial charge in [-0.05, 0) is 68.6 Å². The zero-order valence-electron chi connectivity index (χ0n) is 14.5. The summed E-state index contributed by atoms with van der Waals surface area (Å²) in [6.07, 6.45) is 6.97. The average Bonchev–Trinajstić information content (AvgIpc) is 2.72. The van der Waals surface area contributed by atoms with E-state index in [0.717, 1.165) is 38.5 Å². The molecule has 0 radical (unpaired) electrons. The highest BCUT2D eigenvalue weighted by Gasteiger charge is 2.65. The molecule has 4 aliphatic rings. The topological polar surface area (TPSA) is 46.5 Å². The van der Waals surface area contributed by atoms with Crippen LogP contribution in [0.2, 0.25) is 0 Å². The molecule has 0 bridgehead atoms. The Bertz CT molecular complexity index is 533. The molecule has 8 unspecified atom stereocenters. The van der Waals surface area contributed by atoms with Gasteiger partial charge in [-0.1, -0.05) is 29.8 Å². The molecular formula is C19H29BrO3. The van der Waals surface area contributed by atoms with Gasteiger partial charge in [0, 0.05) is 11.8 Å². The van der Waals surface area contributed by atoms with Crippen LogP contribution in [0.1, 0.15) is 65.7 Å². The number of halogens is 1. The van der Waals surface area contributed by atoms with Crippen molar-refractivity contribution in [2.24, 2.45) is 28.6 Å². The number of ether oxygens (including phenoxy) is 1. The largest absolute Gasteiger partial charge is 0.461 e. The van der Waals surface area contributed by atoms with E-state index in [1.54, 1.807) is 0 Å². The minimum Gasteiger partial charge on any atom is -0.461 e. The fourth-order valence-electron chi connectivity index (χ4n) is 6.79. The van der Waals surface area contributed by atoms with E-state index in [1.807, 2.05) is 0 Å². The predicted octanol–water partition coefficient (Wildman–Crippen LogP) is 4.06. The van der Waals surface area contributed by atoms with Gasteiger partial charge in [-0.3, -0.25) is 4.79 Å². The number of esters is 1. The number of aliphatic hydroxyl groups is 1. The molecule has 8 atom stereocenters. The van der Waals surface area contributed by atoms with Crippen LogP contribution in [0.15, 0.2) is 0 Å². The van der Waals surface area contributed by atoms with Gasteiger partial charge in [0.2, 0.25) is 0 Å². The number of carbonyl (C=O) groups is 1. The van der Waals surface area contributed by atoms with Gasteiger partial charge in [0.15, 0.2) is 0 Å². The van der Waals surface area contributed by atoms with Gasteiger partial charge >= 0.3 is 5.97 Å². The second kappa shape index (κ2) is 4.97. The van der Waals surface area contributed by atoms with Crippen molar-refractivity contribution in [1.29, 1.82) is 0 Å². The molecule has 4 rings (SSSR count). The Morgan fingerprint density at radius 3 is 2.57 bits per heavy atom. The molecule has 3 nitrogen and oxygen atoms in total. The van der Waals surface area contributed by atoms with Crippen molar-refractivity contribution >= 4 is 21.9 Å². The lowest BCUT2D eigenvalue weighted by molar-refractivity contribution is -0.194. The highest BCUT2D eigenvalue weighted by Crippen LogP contribution is 2.67. The van der Waals surface area contributed by atoms with Gasteiger partial charge in [0.1, 0.15) is 6.10 Å². The molecule has 4 heteroatoms. The highest BCUT2D eigenvalue weighted by molar-refractivity contribution is 9.09. The maximum atomic E-state index is 11.8. The van der Waals surface area contributed by atoms with Gasteiger partial charge in [0.25, 0.3) is 0 Å². The van der Waals surface area contributed by atoms with Crippen LogP contribution < -0.4 is 0 Å². The van der Waals surface area contributed by atoms with Crippen LogP contribution in [-0.2, 0) is 9.53 Å². The minimum atomic E-state index is -0.527. The molecule has 23 heavy (non-hydrogen) atoms. The van der Waals surface area contributed by atoms with Gasteiger partial charge < -0.3 is 9.84 Å². The third kappa shape index (κ3) is 2.06. The van der Waals surface area contributed by atoms with E-state index in [4.69, 9.17) is 4.74 Å². The van der Waals surface area contributed by atoms with Crippen molar-refractivity contribution in [2.75, 3.05) is 0 Å². The van der Waals surface area contributed by atoms with Crippen LogP contribution in [0.4, 0.5) is 0 Å². The molecular weight excluding hydrogens is 356 g/mol. The van der Waals surface area contributed by atoms with Gasteiger partial charge in [0.05, 0.1) is 10.4 Å². The number of fused-ring (bicyclic) bond motifs is 5. The molecule has 0 spiro atoms. The van der Waals surface area contributed by atoms with Crippen LogP contribution in [0, 0.1) is 28.6 Å². The first-order valence-corrected chi connectivity index (χ1v) is 10.2. The first-order chi connectivity index (χ1) is 10.7. The minimum absolute atomic E-state index is 0.0243. The SMILES string of the molecule is CC12CCC(=O)OC1C(Br)CC1C2CCC2(C)C1CCC2(C)O. The Morgan fingerprint density at radius 2 is 1.83 bits per heavy atom. The molecule has 0 aromatic rings. The lowest BCUT2D eigenvalue weighted by Crippen LogP contribution is -2.61. The summed E-state index contributed by atoms with van der Waals surface area (Å²) in [4.78, 5) is 12.1. The summed E-state index contributed by atoms with van der Waals surface area (Å²) < 4.78 is 5.80. The molecule has 130 valence electrons. The first kappa shape index (κ1) is 16.4. The molecule has 0 amide bonds. The molecule has 3 aliphatic carbocycles. The van der Waals surface area contributed by atoms with E-state index < -0.39 is 5.60 Å². The van der Waals surface area contributed by atoms with Crippen molar-refractivity contribution in [2.45, 2.75) is 82.2 Å². The number of rotatable bonds is 0. The standard InChI is InChI=1S/C19H29BrO3/c1-17-7-6-15(21)23-16(17)14(20)10-11-12(17)4-8-18(2)13(11)5-9-19(18,3)22/h11-14,16,22H,4-10H2,1-3H3. The Balaban J connectivity index is 1.69. The number of carbonyl (C=O) groups excluding carboxylic acids is 1. The van der Waals surface area contributed by atoms with Crippen molar-refractivity contribution in [3.63, 3.8) is 0 Å². The summed E-state index contributed by atoms with van der Waals surface area (Å²) in [5, 5.41) is 11.0. The zero-order valence-corrected chi connectivity index (χ0v) is 16.1. The molecule has 1 saturated heterocycles. The molecule has 4 fully saturated rings. The smallest absolute Gasteiger partial charge is 0.306 e. The summed E-state index contributed by atoms with van der Waals surface area (Å²) >= 11 is 3.86. The highest BCUT2D eigenvalue weighted by atomic mass is 79.9. The third-order valence-corrected chi connectivity index (χ3v) is 9.30. The number of hydrogen-bond acceptors (Lipinski definition) is 3. The molecule has 1 aliphatic heterocycles. The summed E-state index contributed by atoms with van der Waals surface area (Å²) in [6.45, 7) is 6.72. The van der Waals surface area contributed by atoms with E-state index in [9.17, 15) is 9.90 Å². The maximum absolute atomic E-state index is 11.8. The Morgan fingerprint density at radius 1 is 1.13 bits per heavy atom. The first-order valence-electron chi connectivity index (χ1n) is 9.25. The van der Waals surface area contributed by atoms with Gasteiger partial charge in [-0.2, -0.15) is 0 Å². The van der Waals surface area contributed by atoms with E-state index in [2.05, 4.69) is 36.7 Å².